The number of carboxylic acid groups (broad SMARTS) is 1. The van der Waals surface area contributed by atoms with Crippen molar-refractivity contribution in [1.29, 1.82) is 0 Å². The highest BCUT2D eigenvalue weighted by molar-refractivity contribution is 5.91. The van der Waals surface area contributed by atoms with Gasteiger partial charge in [0.1, 0.15) is 5.54 Å². The fourth-order valence-electron chi connectivity index (χ4n) is 2.66. The lowest BCUT2D eigenvalue weighted by molar-refractivity contribution is -0.149. The second-order valence-corrected chi connectivity index (χ2v) is 5.60. The van der Waals surface area contributed by atoms with Crippen molar-refractivity contribution in [3.8, 4) is 0 Å². The van der Waals surface area contributed by atoms with Crippen LogP contribution in [0.5, 0.6) is 0 Å². The normalized spacial score (nSPS) is 39.3. The van der Waals surface area contributed by atoms with Crippen LogP contribution in [0.15, 0.2) is 0 Å². The summed E-state index contributed by atoms with van der Waals surface area (Å²) >= 11 is 0. The van der Waals surface area contributed by atoms with Gasteiger partial charge in [-0.25, -0.2) is 4.79 Å². The van der Waals surface area contributed by atoms with E-state index >= 15 is 0 Å². The number of aliphatic hydroxyl groups excluding tert-OH is 1. The molecule has 2 fully saturated rings. The van der Waals surface area contributed by atoms with Crippen molar-refractivity contribution in [1.82, 2.24) is 5.32 Å². The van der Waals surface area contributed by atoms with E-state index in [2.05, 4.69) is 5.32 Å². The maximum absolute atomic E-state index is 11.9. The van der Waals surface area contributed by atoms with Crippen LogP contribution in [0.1, 0.15) is 20.3 Å². The lowest BCUT2D eigenvalue weighted by atomic mass is 9.91. The quantitative estimate of drug-likeness (QED) is 0.521. The molecule has 2 aliphatic carbocycles. The Morgan fingerprint density at radius 2 is 2.11 bits per heavy atom. The van der Waals surface area contributed by atoms with Crippen molar-refractivity contribution in [2.24, 2.45) is 23.5 Å². The first-order chi connectivity index (χ1) is 8.29. The molecule has 2 rings (SSSR count). The summed E-state index contributed by atoms with van der Waals surface area (Å²) in [6.45, 7) is 3.60. The van der Waals surface area contributed by atoms with Gasteiger partial charge < -0.3 is 21.3 Å². The Hall–Kier alpha value is -1.14. The molecule has 0 aromatic carbocycles. The zero-order chi connectivity index (χ0) is 13.7. The van der Waals surface area contributed by atoms with Gasteiger partial charge >= 0.3 is 5.97 Å². The van der Waals surface area contributed by atoms with E-state index in [1.165, 1.54) is 0 Å². The lowest BCUT2D eigenvalue weighted by Gasteiger charge is -2.30. The number of nitrogens with two attached hydrogens (primary N) is 1. The Labute approximate surface area is 106 Å². The van der Waals surface area contributed by atoms with Crippen LogP contribution in [0, 0.1) is 24.2 Å². The highest BCUT2D eigenvalue weighted by Gasteiger charge is 2.67. The van der Waals surface area contributed by atoms with Crippen molar-refractivity contribution in [2.45, 2.75) is 38.0 Å². The Morgan fingerprint density at radius 3 is 2.44 bits per heavy atom. The van der Waals surface area contributed by atoms with E-state index in [0.717, 1.165) is 0 Å². The van der Waals surface area contributed by atoms with Gasteiger partial charge in [0.2, 0.25) is 5.91 Å². The fourth-order valence-corrected chi connectivity index (χ4v) is 2.66. The number of aliphatic hydroxyl groups is 1. The smallest absolute Gasteiger partial charge is 0.329 e. The second kappa shape index (κ2) is 4.20. The van der Waals surface area contributed by atoms with Crippen LogP contribution in [-0.2, 0) is 9.59 Å². The highest BCUT2D eigenvalue weighted by Crippen LogP contribution is 2.56. The van der Waals surface area contributed by atoms with Gasteiger partial charge in [0.05, 0.1) is 12.1 Å². The van der Waals surface area contributed by atoms with E-state index in [-0.39, 0.29) is 24.2 Å². The number of carbonyl (C=O) groups is 2. The lowest BCUT2D eigenvalue weighted by Crippen LogP contribution is -2.60. The van der Waals surface area contributed by atoms with E-state index in [9.17, 15) is 19.8 Å². The summed E-state index contributed by atoms with van der Waals surface area (Å²) in [6, 6.07) is -0.740. The molecule has 2 saturated carbocycles. The number of rotatable bonds is 4. The summed E-state index contributed by atoms with van der Waals surface area (Å²) in [5.74, 6) is -2.04. The van der Waals surface area contributed by atoms with E-state index in [0.29, 0.717) is 0 Å². The summed E-state index contributed by atoms with van der Waals surface area (Å²) < 4.78 is 0. The molecule has 1 radical (unpaired) electrons. The van der Waals surface area contributed by atoms with Crippen LogP contribution < -0.4 is 11.1 Å². The molecule has 0 aromatic heterocycles. The van der Waals surface area contributed by atoms with Crippen molar-refractivity contribution < 1.29 is 19.8 Å². The zero-order valence-electron chi connectivity index (χ0n) is 10.5. The van der Waals surface area contributed by atoms with Gasteiger partial charge in [0.25, 0.3) is 0 Å². The Balaban J connectivity index is 2.14. The molecular weight excluding hydrogens is 236 g/mol. The molecule has 0 unspecified atom stereocenters. The molecule has 2 aliphatic rings. The van der Waals surface area contributed by atoms with Crippen LogP contribution in [0.2, 0.25) is 0 Å². The minimum Gasteiger partial charge on any atom is -0.479 e. The molecule has 101 valence electrons. The zero-order valence-corrected chi connectivity index (χ0v) is 10.5. The molecule has 0 aromatic rings. The number of amides is 1. The summed E-state index contributed by atoms with van der Waals surface area (Å²) in [4.78, 5) is 23.4. The van der Waals surface area contributed by atoms with Gasteiger partial charge in [-0.3, -0.25) is 4.79 Å². The monoisotopic (exact) mass is 255 g/mol. The third kappa shape index (κ3) is 1.89. The molecule has 0 saturated heterocycles. The van der Waals surface area contributed by atoms with Crippen molar-refractivity contribution >= 4 is 11.9 Å². The second-order valence-electron chi connectivity index (χ2n) is 5.60. The molecule has 0 spiro atoms. The average molecular weight is 255 g/mol. The average Bonchev–Trinajstić information content (AvgIpc) is 3.01. The molecule has 6 nitrogen and oxygen atoms in total. The van der Waals surface area contributed by atoms with Gasteiger partial charge in [0, 0.05) is 12.3 Å². The van der Waals surface area contributed by atoms with Crippen LogP contribution in [-0.4, -0.2) is 39.8 Å². The molecule has 18 heavy (non-hydrogen) atoms. The summed E-state index contributed by atoms with van der Waals surface area (Å²) in [5.41, 5.74) is 4.33. The van der Waals surface area contributed by atoms with Crippen LogP contribution in [0.3, 0.4) is 0 Å². The van der Waals surface area contributed by atoms with Crippen molar-refractivity contribution in [2.75, 3.05) is 0 Å². The molecular formula is C12H19N2O4. The molecule has 1 amide bonds. The predicted molar refractivity (Wildman–Crippen MR) is 63.2 cm³/mol. The van der Waals surface area contributed by atoms with Crippen LogP contribution in [0.25, 0.3) is 0 Å². The van der Waals surface area contributed by atoms with Crippen molar-refractivity contribution in [3.63, 3.8) is 0 Å². The Kier molecular flexibility index (Phi) is 3.11. The molecule has 6 heteroatoms. The van der Waals surface area contributed by atoms with Gasteiger partial charge in [0.15, 0.2) is 0 Å². The third-order valence-electron chi connectivity index (χ3n) is 4.00. The van der Waals surface area contributed by atoms with E-state index in [1.807, 2.05) is 0 Å². The molecule has 5 atom stereocenters. The first kappa shape index (κ1) is 13.3. The number of hydrogen-bond donors (Lipinski definition) is 4. The maximum atomic E-state index is 11.9. The predicted octanol–water partition coefficient (Wildman–Crippen LogP) is -0.876. The standard InChI is InChI=1S/C12H19N2O4/c1-5(2)9(13)10(16)14-12(11(17)18)4-8(15)6-3-7(6)12/h3,5-9,15H,4,13H2,1-2H3,(H,14,16)(H,17,18)/t6-,7+,8-,9-,12-/m0/s1. The number of carboxylic acids is 1. The fraction of sp³-hybridized carbons (Fsp3) is 0.750. The number of fused-ring (bicyclic) bond motifs is 1. The summed E-state index contributed by atoms with van der Waals surface area (Å²) in [5, 5.41) is 21.6. The SMILES string of the molecule is CC(C)[C@H](N)C(=O)N[C@@]1(C(=O)O)C[C@H](O)[C@H]2[CH][C@H]21. The number of hydrogen-bond acceptors (Lipinski definition) is 4. The van der Waals surface area contributed by atoms with Gasteiger partial charge in [-0.1, -0.05) is 13.8 Å². The number of nitrogens with one attached hydrogen (secondary N) is 1. The van der Waals surface area contributed by atoms with Gasteiger partial charge in [-0.05, 0) is 18.3 Å². The molecule has 0 bridgehead atoms. The van der Waals surface area contributed by atoms with E-state index < -0.39 is 29.6 Å². The third-order valence-corrected chi connectivity index (χ3v) is 4.00. The van der Waals surface area contributed by atoms with Crippen molar-refractivity contribution in [3.05, 3.63) is 6.42 Å². The minimum atomic E-state index is -1.38. The Morgan fingerprint density at radius 1 is 1.50 bits per heavy atom. The highest BCUT2D eigenvalue weighted by atomic mass is 16.4. The maximum Gasteiger partial charge on any atom is 0.329 e. The van der Waals surface area contributed by atoms with E-state index in [4.69, 9.17) is 5.73 Å². The van der Waals surface area contributed by atoms with Gasteiger partial charge in [-0.2, -0.15) is 0 Å². The van der Waals surface area contributed by atoms with E-state index in [1.54, 1.807) is 20.3 Å². The number of carbonyl (C=O) groups excluding carboxylic acids is 1. The molecule has 0 aliphatic heterocycles. The number of aliphatic carboxylic acids is 1. The van der Waals surface area contributed by atoms with Crippen LogP contribution >= 0.6 is 0 Å². The first-order valence-corrected chi connectivity index (χ1v) is 6.13. The Bertz CT molecular complexity index is 384. The first-order valence-electron chi connectivity index (χ1n) is 6.13. The van der Waals surface area contributed by atoms with Gasteiger partial charge in [-0.15, -0.1) is 0 Å². The largest absolute Gasteiger partial charge is 0.479 e. The molecule has 5 N–H and O–H groups in total. The van der Waals surface area contributed by atoms with Crippen LogP contribution in [0.4, 0.5) is 0 Å². The topological polar surface area (TPSA) is 113 Å². The minimum absolute atomic E-state index is 0.0464. The summed E-state index contributed by atoms with van der Waals surface area (Å²) in [7, 11) is 0. The molecule has 0 heterocycles. The summed E-state index contributed by atoms with van der Waals surface area (Å²) in [6.07, 6.45) is 1.12.